The third-order valence-electron chi connectivity index (χ3n) is 5.71. The van der Waals surface area contributed by atoms with Crippen molar-refractivity contribution < 1.29 is 5.11 Å². The van der Waals surface area contributed by atoms with Crippen LogP contribution in [0.25, 0.3) is 0 Å². The summed E-state index contributed by atoms with van der Waals surface area (Å²) in [6.07, 6.45) is 10.9. The number of nitrogens with zero attached hydrogens (tertiary/aromatic N) is 3. The highest BCUT2D eigenvalue weighted by Gasteiger charge is 2.40. The molecule has 3 fully saturated rings. The number of hydrogen-bond donors (Lipinski definition) is 2. The third kappa shape index (κ3) is 5.21. The summed E-state index contributed by atoms with van der Waals surface area (Å²) in [5.74, 6) is 0.355. The van der Waals surface area contributed by atoms with Crippen LogP contribution >= 0.6 is 11.9 Å². The Kier molecular flexibility index (Phi) is 6.95. The molecule has 26 heavy (non-hydrogen) atoms. The number of rotatable bonds is 7. The summed E-state index contributed by atoms with van der Waals surface area (Å²) in [7, 11) is 0. The first-order valence-corrected chi connectivity index (χ1v) is 10.9. The van der Waals surface area contributed by atoms with E-state index >= 15 is 0 Å². The molecule has 1 atom stereocenters. The molecule has 0 aromatic heterocycles. The Morgan fingerprint density at radius 3 is 2.58 bits per heavy atom. The van der Waals surface area contributed by atoms with Crippen LogP contribution in [0.15, 0.2) is 34.0 Å². The lowest BCUT2D eigenvalue weighted by atomic mass is 9.93. The van der Waals surface area contributed by atoms with Crippen molar-refractivity contribution in [2.75, 3.05) is 19.3 Å². The monoisotopic (exact) mass is 376 g/mol. The first-order valence-electron chi connectivity index (χ1n) is 9.76. The summed E-state index contributed by atoms with van der Waals surface area (Å²) in [6.45, 7) is 10.1. The molecule has 0 spiro atoms. The van der Waals surface area contributed by atoms with E-state index in [1.54, 1.807) is 0 Å². The fourth-order valence-corrected chi connectivity index (χ4v) is 4.64. The van der Waals surface area contributed by atoms with E-state index < -0.39 is 0 Å². The Hall–Kier alpha value is -1.11. The van der Waals surface area contributed by atoms with E-state index in [1.165, 1.54) is 11.3 Å². The quantitative estimate of drug-likeness (QED) is 0.529. The molecule has 1 heterocycles. The fraction of sp³-hybridized carbons (Fsp3) is 0.700. The molecule has 1 saturated heterocycles. The second-order valence-electron chi connectivity index (χ2n) is 7.63. The Balaban J connectivity index is 1.51. The molecule has 0 aromatic carbocycles. The van der Waals surface area contributed by atoms with Gasteiger partial charge >= 0.3 is 0 Å². The number of aliphatic imine (C=N–C) groups is 2. The van der Waals surface area contributed by atoms with Crippen LogP contribution in [-0.4, -0.2) is 59.4 Å². The van der Waals surface area contributed by atoms with Gasteiger partial charge in [-0.05, 0) is 57.9 Å². The zero-order valence-electron chi connectivity index (χ0n) is 15.9. The first-order chi connectivity index (χ1) is 12.6. The molecule has 0 aromatic rings. The lowest BCUT2D eigenvalue weighted by Crippen LogP contribution is -2.34. The molecule has 2 aliphatic carbocycles. The van der Waals surface area contributed by atoms with Gasteiger partial charge in [0.15, 0.2) is 0 Å². The normalized spacial score (nSPS) is 33.4. The summed E-state index contributed by atoms with van der Waals surface area (Å²) in [5, 5.41) is 13.2. The highest BCUT2D eigenvalue weighted by molar-refractivity contribution is 7.96. The maximum atomic E-state index is 9.64. The van der Waals surface area contributed by atoms with Gasteiger partial charge in [0.25, 0.3) is 0 Å². The predicted octanol–water partition coefficient (Wildman–Crippen LogP) is 3.18. The van der Waals surface area contributed by atoms with E-state index in [9.17, 15) is 5.11 Å². The van der Waals surface area contributed by atoms with Gasteiger partial charge in [-0.15, -0.1) is 0 Å². The van der Waals surface area contributed by atoms with Crippen molar-refractivity contribution in [2.24, 2.45) is 15.9 Å². The molecule has 2 saturated carbocycles. The lowest BCUT2D eigenvalue weighted by Gasteiger charge is -2.28. The first kappa shape index (κ1) is 19.6. The summed E-state index contributed by atoms with van der Waals surface area (Å²) in [6, 6.07) is 0.888. The van der Waals surface area contributed by atoms with Crippen LogP contribution < -0.4 is 5.32 Å². The molecule has 5 nitrogen and oxygen atoms in total. The zero-order chi connectivity index (χ0) is 18.5. The molecular weight excluding hydrogens is 344 g/mol. The minimum absolute atomic E-state index is 0.116. The van der Waals surface area contributed by atoms with Crippen molar-refractivity contribution in [2.45, 2.75) is 63.1 Å². The number of hydrogen-bond acceptors (Lipinski definition) is 6. The molecule has 1 unspecified atom stereocenters. The molecule has 3 aliphatic rings. The van der Waals surface area contributed by atoms with E-state index in [0.29, 0.717) is 18.0 Å². The molecule has 6 heteroatoms. The van der Waals surface area contributed by atoms with Crippen LogP contribution in [0.1, 0.15) is 44.9 Å². The van der Waals surface area contributed by atoms with Crippen molar-refractivity contribution in [3.05, 3.63) is 24.0 Å². The van der Waals surface area contributed by atoms with Crippen molar-refractivity contribution in [1.82, 2.24) is 9.62 Å². The van der Waals surface area contributed by atoms with Gasteiger partial charge in [0, 0.05) is 48.2 Å². The number of aliphatic hydroxyl groups is 1. The van der Waals surface area contributed by atoms with Gasteiger partial charge in [0.1, 0.15) is 0 Å². The molecule has 2 N–H and O–H groups in total. The van der Waals surface area contributed by atoms with Crippen LogP contribution in [0.2, 0.25) is 0 Å². The van der Waals surface area contributed by atoms with Gasteiger partial charge in [0.05, 0.1) is 12.1 Å². The van der Waals surface area contributed by atoms with Crippen LogP contribution in [0.3, 0.4) is 0 Å². The topological polar surface area (TPSA) is 60.2 Å². The lowest BCUT2D eigenvalue weighted by molar-refractivity contribution is 0.118. The Morgan fingerprint density at radius 1 is 1.27 bits per heavy atom. The molecule has 1 aliphatic heterocycles. The van der Waals surface area contributed by atoms with E-state index in [2.05, 4.69) is 34.2 Å². The van der Waals surface area contributed by atoms with E-state index in [0.717, 1.165) is 63.7 Å². The zero-order valence-corrected chi connectivity index (χ0v) is 16.7. The minimum atomic E-state index is -0.116. The third-order valence-corrected chi connectivity index (χ3v) is 6.59. The highest BCUT2D eigenvalue weighted by Crippen LogP contribution is 2.40. The Labute approximate surface area is 161 Å². The number of piperidine rings is 1. The van der Waals surface area contributed by atoms with Gasteiger partial charge in [-0.25, -0.2) is 0 Å². The largest absolute Gasteiger partial charge is 0.393 e. The van der Waals surface area contributed by atoms with Crippen molar-refractivity contribution in [1.29, 1.82) is 0 Å². The summed E-state index contributed by atoms with van der Waals surface area (Å²) < 4.78 is 2.41. The van der Waals surface area contributed by atoms with Gasteiger partial charge in [-0.1, -0.05) is 18.5 Å². The average molecular weight is 377 g/mol. The number of allylic oxidation sites excluding steroid dienone is 2. The van der Waals surface area contributed by atoms with E-state index in [-0.39, 0.29) is 6.10 Å². The standard InChI is InChI=1S/C20H32N4OS/c1-14(22-15-4-6-17(25)7-5-15)12-18-19(13-21-2)20(18)23-16-8-10-24(26-3)11-9-16/h13,15-18,22,25H,1-2,4-12H2,3H3. The van der Waals surface area contributed by atoms with Crippen LogP contribution in [0, 0.1) is 5.92 Å². The summed E-state index contributed by atoms with van der Waals surface area (Å²) >= 11 is 1.83. The van der Waals surface area contributed by atoms with Gasteiger partial charge in [0.2, 0.25) is 0 Å². The smallest absolute Gasteiger partial charge is 0.0541 e. The van der Waals surface area contributed by atoms with Crippen LogP contribution in [0.5, 0.6) is 0 Å². The van der Waals surface area contributed by atoms with Gasteiger partial charge in [-0.2, -0.15) is 0 Å². The van der Waals surface area contributed by atoms with Crippen molar-refractivity contribution in [3.8, 4) is 0 Å². The number of aliphatic hydroxyl groups excluding tert-OH is 1. The molecular formula is C20H32N4OS. The second kappa shape index (κ2) is 9.20. The Bertz CT molecular complexity index is 572. The van der Waals surface area contributed by atoms with Gasteiger partial charge in [-0.3, -0.25) is 14.3 Å². The average Bonchev–Trinajstić information content (AvgIpc) is 3.28. The Morgan fingerprint density at radius 2 is 1.96 bits per heavy atom. The molecule has 3 rings (SSSR count). The fourth-order valence-electron chi connectivity index (χ4n) is 4.06. The van der Waals surface area contributed by atoms with Crippen LogP contribution in [0.4, 0.5) is 0 Å². The minimum Gasteiger partial charge on any atom is -0.393 e. The molecule has 0 amide bonds. The second-order valence-corrected chi connectivity index (χ2v) is 8.52. The number of nitrogens with one attached hydrogen (secondary N) is 1. The summed E-state index contributed by atoms with van der Waals surface area (Å²) in [4.78, 5) is 9.00. The maximum Gasteiger partial charge on any atom is 0.0541 e. The van der Waals surface area contributed by atoms with E-state index in [4.69, 9.17) is 4.99 Å². The maximum absolute atomic E-state index is 9.64. The van der Waals surface area contributed by atoms with Gasteiger partial charge < -0.3 is 10.4 Å². The molecule has 0 bridgehead atoms. The summed E-state index contributed by atoms with van der Waals surface area (Å²) in [5.41, 5.74) is 3.52. The van der Waals surface area contributed by atoms with E-state index in [1.807, 2.05) is 18.1 Å². The highest BCUT2D eigenvalue weighted by atomic mass is 32.2. The molecule has 0 radical (unpaired) electrons. The van der Waals surface area contributed by atoms with Crippen molar-refractivity contribution in [3.63, 3.8) is 0 Å². The predicted molar refractivity (Wildman–Crippen MR) is 112 cm³/mol. The molecule has 144 valence electrons. The van der Waals surface area contributed by atoms with Crippen molar-refractivity contribution >= 4 is 24.4 Å². The van der Waals surface area contributed by atoms with Crippen LogP contribution in [-0.2, 0) is 0 Å². The SMILES string of the molecule is C=NC=C1C(=NC2CCN(SC)CC2)C1CC(=C)NC1CCC(O)CC1.